The fourth-order valence-corrected chi connectivity index (χ4v) is 1.96. The third-order valence-corrected chi connectivity index (χ3v) is 2.91. The van der Waals surface area contributed by atoms with Crippen molar-refractivity contribution in [3.63, 3.8) is 0 Å². The zero-order chi connectivity index (χ0) is 12.3. The molecule has 2 rings (SSSR count). The first-order chi connectivity index (χ1) is 8.22. The first-order valence-electron chi connectivity index (χ1n) is 5.09. The van der Waals surface area contributed by atoms with Gasteiger partial charge < -0.3 is 9.47 Å². The van der Waals surface area contributed by atoms with Gasteiger partial charge in [-0.2, -0.15) is 0 Å². The van der Waals surface area contributed by atoms with Gasteiger partial charge in [0.05, 0.1) is 6.61 Å². The third-order valence-electron chi connectivity index (χ3n) is 2.29. The van der Waals surface area contributed by atoms with Crippen molar-refractivity contribution >= 4 is 34.0 Å². The zero-order valence-corrected chi connectivity index (χ0v) is 10.8. The third kappa shape index (κ3) is 2.80. The van der Waals surface area contributed by atoms with Crippen LogP contribution in [0.3, 0.4) is 0 Å². The number of ether oxygens (including phenoxy) is 2. The first kappa shape index (κ1) is 12.4. The second kappa shape index (κ2) is 5.54. The van der Waals surface area contributed by atoms with E-state index < -0.39 is 0 Å². The minimum absolute atomic E-state index is 0.386. The Morgan fingerprint density at radius 2 is 2.00 bits per heavy atom. The summed E-state index contributed by atoms with van der Waals surface area (Å²) in [5.41, 5.74) is 0. The summed E-state index contributed by atoms with van der Waals surface area (Å²) in [6.07, 6.45) is 0. The highest BCUT2D eigenvalue weighted by Crippen LogP contribution is 2.30. The molecule has 0 aliphatic carbocycles. The highest BCUT2D eigenvalue weighted by atomic mass is 35.5. The maximum Gasteiger partial charge on any atom is 0.215 e. The lowest BCUT2D eigenvalue weighted by Crippen LogP contribution is -2.05. The van der Waals surface area contributed by atoms with Gasteiger partial charge in [0.2, 0.25) is 5.88 Å². The number of nitrogens with zero attached hydrogens (tertiary/aromatic N) is 1. The van der Waals surface area contributed by atoms with E-state index in [1.54, 1.807) is 19.2 Å². The van der Waals surface area contributed by atoms with Crippen LogP contribution in [0.25, 0.3) is 10.8 Å². The summed E-state index contributed by atoms with van der Waals surface area (Å²) < 4.78 is 10.3. The number of methoxy groups -OCH3 is 1. The van der Waals surface area contributed by atoms with Crippen molar-refractivity contribution in [2.75, 3.05) is 20.3 Å². The highest BCUT2D eigenvalue weighted by molar-refractivity contribution is 6.39. The van der Waals surface area contributed by atoms with Gasteiger partial charge in [-0.15, -0.1) is 0 Å². The summed E-state index contributed by atoms with van der Waals surface area (Å²) in [6.45, 7) is 0.926. The van der Waals surface area contributed by atoms with Gasteiger partial charge in [0, 0.05) is 29.0 Å². The van der Waals surface area contributed by atoms with E-state index in [4.69, 9.17) is 32.7 Å². The Hall–Kier alpha value is -1.03. The molecule has 0 aliphatic heterocycles. The van der Waals surface area contributed by atoms with Crippen molar-refractivity contribution in [1.82, 2.24) is 4.98 Å². The van der Waals surface area contributed by atoms with E-state index in [2.05, 4.69) is 4.98 Å². The lowest BCUT2D eigenvalue weighted by Gasteiger charge is -2.08. The Bertz CT molecular complexity index is 531. The van der Waals surface area contributed by atoms with Crippen LogP contribution in [0.5, 0.6) is 5.88 Å². The van der Waals surface area contributed by atoms with Crippen LogP contribution in [0, 0.1) is 0 Å². The van der Waals surface area contributed by atoms with Crippen LogP contribution in [0.4, 0.5) is 0 Å². The van der Waals surface area contributed by atoms with E-state index in [-0.39, 0.29) is 0 Å². The largest absolute Gasteiger partial charge is 0.475 e. The second-order valence-corrected chi connectivity index (χ2v) is 4.19. The van der Waals surface area contributed by atoms with E-state index in [1.165, 1.54) is 0 Å². The van der Waals surface area contributed by atoms with E-state index in [1.807, 2.05) is 12.1 Å². The van der Waals surface area contributed by atoms with Crippen LogP contribution in [0.2, 0.25) is 10.2 Å². The normalized spacial score (nSPS) is 10.8. The van der Waals surface area contributed by atoms with Crippen LogP contribution >= 0.6 is 23.2 Å². The lowest BCUT2D eigenvalue weighted by atomic mass is 10.2. The quantitative estimate of drug-likeness (QED) is 0.629. The SMILES string of the molecule is COCCOc1cc2c(Cl)cccc2c(Cl)n1. The fraction of sp³-hybridized carbons (Fsp3) is 0.250. The summed E-state index contributed by atoms with van der Waals surface area (Å²) in [4.78, 5) is 4.14. The molecule has 1 heterocycles. The van der Waals surface area contributed by atoms with Crippen molar-refractivity contribution in [2.24, 2.45) is 0 Å². The predicted molar refractivity (Wildman–Crippen MR) is 69.1 cm³/mol. The number of halogens is 2. The lowest BCUT2D eigenvalue weighted by molar-refractivity contribution is 0.144. The molecule has 2 aromatic rings. The summed E-state index contributed by atoms with van der Waals surface area (Å²) in [7, 11) is 1.61. The van der Waals surface area contributed by atoms with Crippen molar-refractivity contribution < 1.29 is 9.47 Å². The summed E-state index contributed by atoms with van der Waals surface area (Å²) >= 11 is 12.2. The van der Waals surface area contributed by atoms with Crippen molar-refractivity contribution in [3.05, 3.63) is 34.4 Å². The number of pyridine rings is 1. The molecule has 0 amide bonds. The average Bonchev–Trinajstić information content (AvgIpc) is 2.31. The van der Waals surface area contributed by atoms with Crippen LogP contribution in [-0.2, 0) is 4.74 Å². The van der Waals surface area contributed by atoms with Gasteiger partial charge >= 0.3 is 0 Å². The number of hydrogen-bond donors (Lipinski definition) is 0. The molecule has 0 aliphatic rings. The first-order valence-corrected chi connectivity index (χ1v) is 5.84. The second-order valence-electron chi connectivity index (χ2n) is 3.43. The van der Waals surface area contributed by atoms with Crippen molar-refractivity contribution in [2.45, 2.75) is 0 Å². The minimum atomic E-state index is 0.386. The highest BCUT2D eigenvalue weighted by Gasteiger charge is 2.07. The molecule has 0 N–H and O–H groups in total. The van der Waals surface area contributed by atoms with Crippen LogP contribution in [-0.4, -0.2) is 25.3 Å². The van der Waals surface area contributed by atoms with E-state index in [0.29, 0.717) is 29.3 Å². The Kier molecular flexibility index (Phi) is 4.05. The summed E-state index contributed by atoms with van der Waals surface area (Å²) in [5, 5.41) is 2.67. The molecular formula is C12H11Cl2NO2. The Labute approximate surface area is 109 Å². The zero-order valence-electron chi connectivity index (χ0n) is 9.24. The molecule has 5 heteroatoms. The smallest absolute Gasteiger partial charge is 0.215 e. The maximum atomic E-state index is 6.10. The van der Waals surface area contributed by atoms with Gasteiger partial charge in [-0.1, -0.05) is 35.3 Å². The van der Waals surface area contributed by atoms with E-state index in [0.717, 1.165) is 10.8 Å². The Morgan fingerprint density at radius 1 is 1.18 bits per heavy atom. The van der Waals surface area contributed by atoms with Gasteiger partial charge in [-0.05, 0) is 6.07 Å². The Balaban J connectivity index is 2.36. The van der Waals surface area contributed by atoms with Gasteiger partial charge in [0.1, 0.15) is 11.8 Å². The molecule has 0 saturated heterocycles. The van der Waals surface area contributed by atoms with Gasteiger partial charge in [0.15, 0.2) is 0 Å². The molecule has 0 unspecified atom stereocenters. The van der Waals surface area contributed by atoms with Gasteiger partial charge in [0.25, 0.3) is 0 Å². The molecule has 90 valence electrons. The van der Waals surface area contributed by atoms with E-state index in [9.17, 15) is 0 Å². The van der Waals surface area contributed by atoms with Crippen LogP contribution in [0.15, 0.2) is 24.3 Å². The molecule has 1 aromatic carbocycles. The van der Waals surface area contributed by atoms with Crippen LogP contribution in [0.1, 0.15) is 0 Å². The number of rotatable bonds is 4. The van der Waals surface area contributed by atoms with Gasteiger partial charge in [-0.25, -0.2) is 4.98 Å². The van der Waals surface area contributed by atoms with Crippen molar-refractivity contribution in [3.8, 4) is 5.88 Å². The standard InChI is InChI=1S/C12H11Cl2NO2/c1-16-5-6-17-11-7-9-8(12(14)15-11)3-2-4-10(9)13/h2-4,7H,5-6H2,1H3. The molecule has 0 radical (unpaired) electrons. The molecule has 0 fully saturated rings. The minimum Gasteiger partial charge on any atom is -0.475 e. The number of benzene rings is 1. The molecule has 0 saturated carbocycles. The monoisotopic (exact) mass is 271 g/mol. The van der Waals surface area contributed by atoms with E-state index >= 15 is 0 Å². The molecule has 3 nitrogen and oxygen atoms in total. The molecule has 1 aromatic heterocycles. The summed E-state index contributed by atoms with van der Waals surface area (Å²) in [5.74, 6) is 0.452. The number of fused-ring (bicyclic) bond motifs is 1. The Morgan fingerprint density at radius 3 is 2.76 bits per heavy atom. The molecule has 17 heavy (non-hydrogen) atoms. The molecule has 0 atom stereocenters. The average molecular weight is 272 g/mol. The van der Waals surface area contributed by atoms with Crippen LogP contribution < -0.4 is 4.74 Å². The predicted octanol–water partition coefficient (Wildman–Crippen LogP) is 3.57. The number of hydrogen-bond acceptors (Lipinski definition) is 3. The molecule has 0 bridgehead atoms. The fourth-order valence-electron chi connectivity index (χ4n) is 1.48. The maximum absolute atomic E-state index is 6.10. The summed E-state index contributed by atoms with van der Waals surface area (Å²) in [6, 6.07) is 7.29. The molecule has 0 spiro atoms. The number of aromatic nitrogens is 1. The molecular weight excluding hydrogens is 261 g/mol. The topological polar surface area (TPSA) is 31.4 Å². The van der Waals surface area contributed by atoms with Crippen molar-refractivity contribution in [1.29, 1.82) is 0 Å². The van der Waals surface area contributed by atoms with Gasteiger partial charge in [-0.3, -0.25) is 0 Å².